The monoisotopic (exact) mass is 441 g/mol. The molecule has 0 radical (unpaired) electrons. The number of aromatic hydroxyl groups is 1. The molecule has 32 heavy (non-hydrogen) atoms. The third-order valence-electron chi connectivity index (χ3n) is 5.04. The zero-order valence-corrected chi connectivity index (χ0v) is 17.3. The molecule has 6 nitrogen and oxygen atoms in total. The molecule has 0 saturated heterocycles. The summed E-state index contributed by atoms with van der Waals surface area (Å²) in [5.74, 6) is 0.0923. The summed E-state index contributed by atoms with van der Waals surface area (Å²) in [5, 5.41) is 14.7. The summed E-state index contributed by atoms with van der Waals surface area (Å²) in [5.41, 5.74) is 3.57. The number of carbonyl (C=O) groups excluding carboxylic acids is 2. The Morgan fingerprint density at radius 2 is 1.72 bits per heavy atom. The lowest BCUT2D eigenvalue weighted by Crippen LogP contribution is -2.00. The van der Waals surface area contributed by atoms with Gasteiger partial charge >= 0.3 is 12.4 Å². The number of hydrogen-bond acceptors (Lipinski definition) is 7. The first-order valence-electron chi connectivity index (χ1n) is 9.67. The molecule has 7 heteroatoms. The number of carbonyl (C=O) groups is 2. The number of aromatic nitrogens is 1. The highest BCUT2D eigenvalue weighted by Crippen LogP contribution is 2.41. The smallest absolute Gasteiger partial charge is 0.319 e. The fraction of sp³-hybridized carbons (Fsp3) is 0. The van der Waals surface area contributed by atoms with Crippen LogP contribution in [0.3, 0.4) is 0 Å². The van der Waals surface area contributed by atoms with Crippen molar-refractivity contribution in [3.63, 3.8) is 0 Å². The highest BCUT2D eigenvalue weighted by atomic mass is 32.1. The summed E-state index contributed by atoms with van der Waals surface area (Å²) in [6.07, 6.45) is 0. The average molecular weight is 441 g/mol. The predicted octanol–water partition coefficient (Wildman–Crippen LogP) is 5.70. The summed E-state index contributed by atoms with van der Waals surface area (Å²) < 4.78 is 10.5. The second-order valence-corrected chi connectivity index (χ2v) is 8.06. The highest BCUT2D eigenvalue weighted by molar-refractivity contribution is 7.21. The van der Waals surface area contributed by atoms with Gasteiger partial charge in [0.25, 0.3) is 0 Å². The molecule has 0 saturated carbocycles. The van der Waals surface area contributed by atoms with Crippen LogP contribution in [0.2, 0.25) is 0 Å². The molecule has 2 heterocycles. The molecule has 156 valence electrons. The Bertz CT molecular complexity index is 1430. The number of thiophene rings is 1. The topological polar surface area (TPSA) is 89.6 Å². The molecule has 0 spiro atoms. The lowest BCUT2D eigenvalue weighted by atomic mass is 9.97. The van der Waals surface area contributed by atoms with Gasteiger partial charge in [0.15, 0.2) is 0 Å². The van der Waals surface area contributed by atoms with E-state index in [1.165, 1.54) is 17.4 Å². The first-order chi connectivity index (χ1) is 15.6. The number of ketones is 1. The fourth-order valence-corrected chi connectivity index (χ4v) is 4.78. The van der Waals surface area contributed by atoms with Gasteiger partial charge in [-0.2, -0.15) is 0 Å². The molecular weight excluding hydrogens is 426 g/mol. The van der Waals surface area contributed by atoms with E-state index in [9.17, 15) is 14.7 Å². The van der Waals surface area contributed by atoms with E-state index in [0.717, 1.165) is 26.8 Å². The van der Waals surface area contributed by atoms with Crippen LogP contribution < -0.4 is 4.74 Å². The number of phenols is 1. The quantitative estimate of drug-likeness (QED) is 0.269. The maximum absolute atomic E-state index is 13.3. The van der Waals surface area contributed by atoms with Crippen molar-refractivity contribution in [1.82, 2.24) is 5.16 Å². The molecule has 0 fully saturated rings. The minimum Gasteiger partial charge on any atom is -0.508 e. The van der Waals surface area contributed by atoms with E-state index in [1.807, 2.05) is 48.5 Å². The Morgan fingerprint density at radius 1 is 0.969 bits per heavy atom. The van der Waals surface area contributed by atoms with Crippen molar-refractivity contribution in [2.24, 2.45) is 0 Å². The molecule has 5 aromatic rings. The van der Waals surface area contributed by atoms with Gasteiger partial charge in [-0.15, -0.1) is 11.3 Å². The van der Waals surface area contributed by atoms with E-state index in [0.29, 0.717) is 16.1 Å². The Kier molecular flexibility index (Phi) is 5.01. The minimum absolute atomic E-state index is 0.0125. The average Bonchev–Trinajstić information content (AvgIpc) is 3.44. The van der Waals surface area contributed by atoms with Crippen LogP contribution in [0.5, 0.6) is 11.7 Å². The standard InChI is InChI=1S/C25H15NO5S/c27-14-30-22-13-20(26-31-22)15-6-8-16(9-7-15)23-19-11-10-18(28)12-21(19)32-25(23)24(29)17-4-2-1-3-5-17/h1-14,28H. The van der Waals surface area contributed by atoms with Gasteiger partial charge in [-0.3, -0.25) is 9.59 Å². The lowest BCUT2D eigenvalue weighted by molar-refractivity contribution is -0.121. The first kappa shape index (κ1) is 19.7. The second kappa shape index (κ2) is 8.13. The third kappa shape index (κ3) is 3.55. The van der Waals surface area contributed by atoms with E-state index in [2.05, 4.69) is 9.89 Å². The molecule has 5 rings (SSSR count). The largest absolute Gasteiger partial charge is 0.508 e. The molecule has 0 amide bonds. The van der Waals surface area contributed by atoms with Crippen LogP contribution in [0.15, 0.2) is 83.4 Å². The van der Waals surface area contributed by atoms with Gasteiger partial charge in [0, 0.05) is 26.8 Å². The molecular formula is C25H15NO5S. The SMILES string of the molecule is O=COc1cc(-c2ccc(-c3c(C(=O)c4ccccc4)sc4cc(O)ccc34)cc2)no1. The van der Waals surface area contributed by atoms with Crippen LogP contribution in [0, 0.1) is 0 Å². The summed E-state index contributed by atoms with van der Waals surface area (Å²) in [7, 11) is 0. The van der Waals surface area contributed by atoms with Gasteiger partial charge in [0.2, 0.25) is 5.78 Å². The van der Waals surface area contributed by atoms with E-state index in [1.54, 1.807) is 24.3 Å². The third-order valence-corrected chi connectivity index (χ3v) is 6.19. The van der Waals surface area contributed by atoms with Crippen molar-refractivity contribution in [1.29, 1.82) is 0 Å². The molecule has 0 aliphatic rings. The summed E-state index contributed by atoms with van der Waals surface area (Å²) in [4.78, 5) is 24.4. The normalized spacial score (nSPS) is 10.9. The Labute approximate surface area is 186 Å². The van der Waals surface area contributed by atoms with Crippen molar-refractivity contribution >= 4 is 33.7 Å². The van der Waals surface area contributed by atoms with E-state index < -0.39 is 0 Å². The highest BCUT2D eigenvalue weighted by Gasteiger charge is 2.21. The maximum Gasteiger partial charge on any atom is 0.319 e. The minimum atomic E-state index is -0.0717. The van der Waals surface area contributed by atoms with Gasteiger partial charge in [-0.25, -0.2) is 0 Å². The molecule has 3 aromatic carbocycles. The summed E-state index contributed by atoms with van der Waals surface area (Å²) in [6, 6.07) is 23.3. The Hall–Kier alpha value is -4.23. The molecule has 0 unspecified atom stereocenters. The number of nitrogens with zero attached hydrogens (tertiary/aromatic N) is 1. The molecule has 2 aromatic heterocycles. The Balaban J connectivity index is 1.61. The number of phenolic OH excluding ortho intramolecular Hbond substituents is 1. The number of benzene rings is 3. The number of ether oxygens (including phenoxy) is 1. The van der Waals surface area contributed by atoms with Crippen molar-refractivity contribution < 1.29 is 24.0 Å². The lowest BCUT2D eigenvalue weighted by Gasteiger charge is -2.06. The molecule has 0 atom stereocenters. The van der Waals surface area contributed by atoms with Crippen molar-refractivity contribution in [2.75, 3.05) is 0 Å². The van der Waals surface area contributed by atoms with Gasteiger partial charge < -0.3 is 14.4 Å². The fourth-order valence-electron chi connectivity index (χ4n) is 3.56. The van der Waals surface area contributed by atoms with Crippen LogP contribution in [0.1, 0.15) is 15.2 Å². The molecule has 0 aliphatic heterocycles. The first-order valence-corrected chi connectivity index (χ1v) is 10.5. The Morgan fingerprint density at radius 3 is 2.47 bits per heavy atom. The van der Waals surface area contributed by atoms with E-state index >= 15 is 0 Å². The van der Waals surface area contributed by atoms with E-state index in [-0.39, 0.29) is 24.0 Å². The van der Waals surface area contributed by atoms with Gasteiger partial charge in [-0.05, 0) is 23.8 Å². The van der Waals surface area contributed by atoms with Crippen LogP contribution in [-0.2, 0) is 4.79 Å². The van der Waals surface area contributed by atoms with Crippen molar-refractivity contribution in [2.45, 2.75) is 0 Å². The van der Waals surface area contributed by atoms with Crippen molar-refractivity contribution in [3.8, 4) is 34.1 Å². The van der Waals surface area contributed by atoms with Crippen LogP contribution >= 0.6 is 11.3 Å². The molecule has 0 aliphatic carbocycles. The van der Waals surface area contributed by atoms with Crippen LogP contribution in [-0.4, -0.2) is 22.5 Å². The zero-order valence-electron chi connectivity index (χ0n) is 16.5. The zero-order chi connectivity index (χ0) is 22.1. The number of fused-ring (bicyclic) bond motifs is 1. The molecule has 1 N–H and O–H groups in total. The summed E-state index contributed by atoms with van der Waals surface area (Å²) >= 11 is 1.36. The maximum atomic E-state index is 13.3. The van der Waals surface area contributed by atoms with Crippen molar-refractivity contribution in [3.05, 3.63) is 89.3 Å². The van der Waals surface area contributed by atoms with Crippen LogP contribution in [0.4, 0.5) is 0 Å². The summed E-state index contributed by atoms with van der Waals surface area (Å²) in [6.45, 7) is 0.276. The van der Waals surface area contributed by atoms with Gasteiger partial charge in [-0.1, -0.05) is 59.8 Å². The van der Waals surface area contributed by atoms with E-state index in [4.69, 9.17) is 4.52 Å². The predicted molar refractivity (Wildman–Crippen MR) is 121 cm³/mol. The van der Waals surface area contributed by atoms with Crippen LogP contribution in [0.25, 0.3) is 32.5 Å². The molecule has 0 bridgehead atoms. The second-order valence-electron chi connectivity index (χ2n) is 7.00. The number of rotatable bonds is 6. The number of hydrogen-bond donors (Lipinski definition) is 1. The van der Waals surface area contributed by atoms with Gasteiger partial charge in [0.1, 0.15) is 11.4 Å². The van der Waals surface area contributed by atoms with Gasteiger partial charge in [0.05, 0.1) is 10.9 Å².